The number of likely N-dealkylation sites (tertiary alicyclic amines) is 1. The summed E-state index contributed by atoms with van der Waals surface area (Å²) in [5.41, 5.74) is 7.03. The summed E-state index contributed by atoms with van der Waals surface area (Å²) in [5, 5.41) is 6.13. The van der Waals surface area contributed by atoms with E-state index in [0.717, 1.165) is 5.56 Å². The highest BCUT2D eigenvalue weighted by Gasteiger charge is 2.29. The molecule has 1 aliphatic heterocycles. The lowest BCUT2D eigenvalue weighted by atomic mass is 10.1. The van der Waals surface area contributed by atoms with Gasteiger partial charge in [0, 0.05) is 50.6 Å². The normalized spacial score (nSPS) is 14.3. The first-order chi connectivity index (χ1) is 12.6. The molecule has 0 bridgehead atoms. The van der Waals surface area contributed by atoms with Crippen LogP contribution < -0.4 is 21.9 Å². The summed E-state index contributed by atoms with van der Waals surface area (Å²) in [6.45, 7) is 1.41. The molecule has 0 atom stereocenters. The molecule has 2 aromatic heterocycles. The second-order valence-electron chi connectivity index (χ2n) is 5.89. The molecule has 1 saturated heterocycles. The summed E-state index contributed by atoms with van der Waals surface area (Å²) < 4.78 is 0. The maximum absolute atomic E-state index is 12.1. The lowest BCUT2D eigenvalue weighted by Crippen LogP contribution is -2.57. The van der Waals surface area contributed by atoms with Gasteiger partial charge in [-0.15, -0.1) is 0 Å². The quantitative estimate of drug-likeness (QED) is 0.537. The highest BCUT2D eigenvalue weighted by molar-refractivity contribution is 5.88. The molecule has 0 aromatic carbocycles. The average Bonchev–Trinajstić information content (AvgIpc) is 2.63. The maximum Gasteiger partial charge on any atom is 0.271 e. The number of nitrogens with two attached hydrogens (primary N) is 1. The van der Waals surface area contributed by atoms with Gasteiger partial charge in [-0.2, -0.15) is 0 Å². The van der Waals surface area contributed by atoms with Crippen molar-refractivity contribution in [2.24, 2.45) is 5.73 Å². The maximum atomic E-state index is 12.1. The van der Waals surface area contributed by atoms with Crippen LogP contribution in [0, 0.1) is 0 Å². The molecule has 3 rings (SSSR count). The number of hydrogen-bond acceptors (Lipinski definition) is 7. The van der Waals surface area contributed by atoms with Gasteiger partial charge in [0.2, 0.25) is 5.91 Å². The molecule has 1 aliphatic rings. The van der Waals surface area contributed by atoms with Crippen LogP contribution in [0.2, 0.25) is 0 Å². The van der Waals surface area contributed by atoms with E-state index in [1.807, 2.05) is 0 Å². The molecule has 0 spiro atoms. The van der Waals surface area contributed by atoms with Gasteiger partial charge in [0.15, 0.2) is 0 Å². The van der Waals surface area contributed by atoms with Crippen LogP contribution in [0.3, 0.4) is 0 Å². The molecule has 0 radical (unpaired) electrons. The largest absolute Gasteiger partial charge is 0.374 e. The third-order valence-corrected chi connectivity index (χ3v) is 4.07. The minimum Gasteiger partial charge on any atom is -0.374 e. The monoisotopic (exact) mass is 355 g/mol. The first-order valence-electron chi connectivity index (χ1n) is 8.25. The summed E-state index contributed by atoms with van der Waals surface area (Å²) >= 11 is 0. The van der Waals surface area contributed by atoms with E-state index in [2.05, 4.69) is 25.6 Å². The Morgan fingerprint density at radius 1 is 1.42 bits per heavy atom. The lowest BCUT2D eigenvalue weighted by molar-refractivity contribution is -0.129. The van der Waals surface area contributed by atoms with E-state index in [9.17, 15) is 9.59 Å². The Kier molecular flexibility index (Phi) is 5.28. The Morgan fingerprint density at radius 3 is 2.96 bits per heavy atom. The number of nitrogens with one attached hydrogen (secondary N) is 3. The van der Waals surface area contributed by atoms with E-state index < -0.39 is 0 Å². The third kappa shape index (κ3) is 3.89. The fourth-order valence-corrected chi connectivity index (χ4v) is 2.63. The molecule has 5 N–H and O–H groups in total. The number of aromatic amines is 1. The fourth-order valence-electron chi connectivity index (χ4n) is 2.63. The average molecular weight is 355 g/mol. The van der Waals surface area contributed by atoms with Gasteiger partial charge in [0.05, 0.1) is 11.7 Å². The summed E-state index contributed by atoms with van der Waals surface area (Å²) in [5.74, 6) is 0.617. The molecule has 0 aliphatic carbocycles. The number of anilines is 2. The number of nitrogens with zero attached hydrogens (tertiary/aromatic N) is 3. The number of carbonyl (C=O) groups is 1. The molecular weight excluding hydrogens is 334 g/mol. The molecule has 0 unspecified atom stereocenters. The van der Waals surface area contributed by atoms with Gasteiger partial charge in [-0.1, -0.05) is 6.08 Å². The van der Waals surface area contributed by atoms with Gasteiger partial charge in [0.1, 0.15) is 17.8 Å². The first kappa shape index (κ1) is 17.6. The highest BCUT2D eigenvalue weighted by atomic mass is 16.2. The molecule has 0 saturated carbocycles. The van der Waals surface area contributed by atoms with Gasteiger partial charge >= 0.3 is 0 Å². The van der Waals surface area contributed by atoms with E-state index in [-0.39, 0.29) is 17.5 Å². The van der Waals surface area contributed by atoms with Crippen LogP contribution in [0.25, 0.3) is 11.3 Å². The minimum absolute atomic E-state index is 0.0276. The van der Waals surface area contributed by atoms with Crippen molar-refractivity contribution in [1.82, 2.24) is 19.9 Å². The van der Waals surface area contributed by atoms with Crippen molar-refractivity contribution >= 4 is 17.4 Å². The van der Waals surface area contributed by atoms with E-state index in [1.54, 1.807) is 36.4 Å². The van der Waals surface area contributed by atoms with Crippen LogP contribution in [-0.2, 0) is 4.79 Å². The van der Waals surface area contributed by atoms with Crippen LogP contribution in [0.15, 0.2) is 41.6 Å². The third-order valence-electron chi connectivity index (χ3n) is 4.07. The van der Waals surface area contributed by atoms with Crippen LogP contribution in [-0.4, -0.2) is 58.5 Å². The molecule has 136 valence electrons. The summed E-state index contributed by atoms with van der Waals surface area (Å²) in [6.07, 6.45) is 6.17. The van der Waals surface area contributed by atoms with Crippen molar-refractivity contribution in [3.8, 4) is 11.3 Å². The SMILES string of the molecule is CNc1cc(-c2c[nH]c(=O)c(NC3CN(C(=O)/C=C/CN)C3)c2)ncn1. The molecule has 1 amide bonds. The van der Waals surface area contributed by atoms with Gasteiger partial charge in [-0.3, -0.25) is 9.59 Å². The van der Waals surface area contributed by atoms with Gasteiger partial charge in [-0.05, 0) is 6.07 Å². The number of amides is 1. The predicted octanol–water partition coefficient (Wildman–Crippen LogP) is 0.0112. The summed E-state index contributed by atoms with van der Waals surface area (Å²) in [4.78, 5) is 36.6. The van der Waals surface area contributed by atoms with E-state index in [1.165, 1.54) is 12.4 Å². The van der Waals surface area contributed by atoms with Crippen LogP contribution in [0.4, 0.5) is 11.5 Å². The zero-order valence-corrected chi connectivity index (χ0v) is 14.4. The second-order valence-corrected chi connectivity index (χ2v) is 5.89. The zero-order valence-electron chi connectivity index (χ0n) is 14.4. The predicted molar refractivity (Wildman–Crippen MR) is 99.8 cm³/mol. The number of aromatic nitrogens is 3. The summed E-state index contributed by atoms with van der Waals surface area (Å²) in [6, 6.07) is 3.57. The van der Waals surface area contributed by atoms with Crippen molar-refractivity contribution in [3.05, 3.63) is 47.2 Å². The van der Waals surface area contributed by atoms with Gasteiger partial charge < -0.3 is 26.3 Å². The Labute approximate surface area is 150 Å². The number of rotatable bonds is 6. The Balaban J connectivity index is 1.69. The van der Waals surface area contributed by atoms with Gasteiger partial charge in [-0.25, -0.2) is 9.97 Å². The van der Waals surface area contributed by atoms with Crippen molar-refractivity contribution in [1.29, 1.82) is 0 Å². The van der Waals surface area contributed by atoms with Crippen molar-refractivity contribution < 1.29 is 4.79 Å². The molecule has 9 heteroatoms. The Morgan fingerprint density at radius 2 is 2.23 bits per heavy atom. The molecule has 26 heavy (non-hydrogen) atoms. The van der Waals surface area contributed by atoms with Crippen LogP contribution in [0.5, 0.6) is 0 Å². The number of H-pyrrole nitrogens is 1. The standard InChI is InChI=1S/C17H21N7O2/c1-19-15-6-13(21-10-22-15)11-5-14(17(26)20-7-11)23-12-8-24(9-12)16(25)3-2-4-18/h2-3,5-7,10,12,23H,4,8-9,18H2,1H3,(H,20,26)(H,19,21,22)/b3-2+. The van der Waals surface area contributed by atoms with Crippen molar-refractivity contribution in [2.45, 2.75) is 6.04 Å². The molecule has 2 aromatic rings. The lowest BCUT2D eigenvalue weighted by Gasteiger charge is -2.39. The zero-order chi connectivity index (χ0) is 18.5. The summed E-state index contributed by atoms with van der Waals surface area (Å²) in [7, 11) is 1.78. The molecular formula is C17H21N7O2. The van der Waals surface area contributed by atoms with Crippen molar-refractivity contribution in [2.75, 3.05) is 37.3 Å². The van der Waals surface area contributed by atoms with Crippen LogP contribution in [0.1, 0.15) is 0 Å². The van der Waals surface area contributed by atoms with Crippen LogP contribution >= 0.6 is 0 Å². The number of carbonyl (C=O) groups excluding carboxylic acids is 1. The molecule has 3 heterocycles. The fraction of sp³-hybridized carbons (Fsp3) is 0.294. The minimum atomic E-state index is -0.218. The van der Waals surface area contributed by atoms with E-state index >= 15 is 0 Å². The van der Waals surface area contributed by atoms with Gasteiger partial charge in [0.25, 0.3) is 5.56 Å². The number of pyridine rings is 1. The van der Waals surface area contributed by atoms with Crippen molar-refractivity contribution in [3.63, 3.8) is 0 Å². The Hall–Kier alpha value is -3.20. The Bertz CT molecular complexity index is 871. The molecule has 1 fully saturated rings. The first-order valence-corrected chi connectivity index (χ1v) is 8.25. The van der Waals surface area contributed by atoms with E-state index in [4.69, 9.17) is 5.73 Å². The smallest absolute Gasteiger partial charge is 0.271 e. The second kappa shape index (κ2) is 7.79. The number of hydrogen-bond donors (Lipinski definition) is 4. The topological polar surface area (TPSA) is 129 Å². The van der Waals surface area contributed by atoms with E-state index in [0.29, 0.717) is 36.8 Å². The molecule has 9 nitrogen and oxygen atoms in total. The highest BCUT2D eigenvalue weighted by Crippen LogP contribution is 2.20.